The zero-order chi connectivity index (χ0) is 30.6. The number of aliphatic hydroxyl groups is 1. The molecule has 1 saturated heterocycles. The number of esters is 1. The number of aliphatic hydroxyl groups excluding tert-OH is 1. The van der Waals surface area contributed by atoms with Crippen LogP contribution in [-0.2, 0) is 23.4 Å². The van der Waals surface area contributed by atoms with Crippen LogP contribution in [0, 0.1) is 17.8 Å². The molecule has 212 valence electrons. The third-order valence-electron chi connectivity index (χ3n) is 5.21. The monoisotopic (exact) mass is 573 g/mol. The Kier molecular flexibility index (Phi) is 8.83. The fraction of sp³-hybridized carbons (Fsp3) is 0.500. The van der Waals surface area contributed by atoms with Gasteiger partial charge in [-0.15, -0.1) is 0 Å². The van der Waals surface area contributed by atoms with E-state index in [0.29, 0.717) is 6.20 Å². The molecule has 0 spiro atoms. The first-order valence-corrected chi connectivity index (χ1v) is 13.4. The van der Waals surface area contributed by atoms with Crippen molar-refractivity contribution in [3.05, 3.63) is 57.4 Å². The molecule has 0 radical (unpaired) electrons. The number of alkyl halides is 2. The van der Waals surface area contributed by atoms with Gasteiger partial charge in [0.15, 0.2) is 0 Å². The minimum Gasteiger partial charge on any atom is -0.463 e. The molecule has 1 fully saturated rings. The molecule has 1 aliphatic heterocycles. The number of carbonyl (C=O) groups excluding carboxylic acids is 1. The van der Waals surface area contributed by atoms with Crippen molar-refractivity contribution in [1.82, 2.24) is 14.8 Å². The zero-order valence-electron chi connectivity index (χ0n) is 23.1. The molecule has 0 bridgehead atoms. The predicted molar refractivity (Wildman–Crippen MR) is 133 cm³/mol. The fourth-order valence-electron chi connectivity index (χ4n) is 3.47. The number of aromatic amines is 1. The highest BCUT2D eigenvalue weighted by Gasteiger charge is 2.59. The first-order valence-electron chi connectivity index (χ1n) is 12.6. The number of hydrogen-bond donors (Lipinski definition) is 2. The smallest absolute Gasteiger partial charge is 0.380 e. The van der Waals surface area contributed by atoms with E-state index in [0.717, 1.165) is 0 Å². The number of ether oxygens (including phenoxy) is 2. The molecule has 0 aliphatic carbocycles. The quantitative estimate of drug-likeness (QED) is 0.244. The standard InChI is InChI=1S/C24H28F2N3O9P/c1-15(2)36-21(32)16(3)14-39(34,38-17-8-5-4-6-9-17)35-13-18-20(31)24(26,10-7-11-25)22(37-18)29-23(33)28-19(30)12-27-29/h4-6,8-9,12,15-16,18,20,22,31H,11,13-14H2,1-3H3,(H,28,30,33)/t16-,18-,20+,22-,24?,39+/m1/s1/i13D2. The molecular formula is C24H28F2N3O9P. The van der Waals surface area contributed by atoms with Gasteiger partial charge in [-0.2, -0.15) is 9.78 Å². The van der Waals surface area contributed by atoms with E-state index in [2.05, 4.69) is 5.10 Å². The summed E-state index contributed by atoms with van der Waals surface area (Å²) in [5.41, 5.74) is -5.62. The molecule has 2 aromatic rings. The van der Waals surface area contributed by atoms with Crippen LogP contribution in [0.25, 0.3) is 0 Å². The Labute approximate surface area is 224 Å². The number of halogens is 2. The lowest BCUT2D eigenvalue weighted by molar-refractivity contribution is -0.151. The minimum absolute atomic E-state index is 0.0283. The van der Waals surface area contributed by atoms with Crippen LogP contribution in [-0.4, -0.2) is 69.2 Å². The third-order valence-corrected chi connectivity index (χ3v) is 7.07. The summed E-state index contributed by atoms with van der Waals surface area (Å²) in [6.07, 6.45) is -7.88. The van der Waals surface area contributed by atoms with Crippen molar-refractivity contribution >= 4 is 13.6 Å². The van der Waals surface area contributed by atoms with Crippen molar-refractivity contribution in [2.24, 2.45) is 5.92 Å². The van der Waals surface area contributed by atoms with Gasteiger partial charge in [0.05, 0.1) is 27.5 Å². The number of aromatic nitrogens is 3. The Bertz CT molecular complexity index is 1460. The molecule has 15 heteroatoms. The highest BCUT2D eigenvalue weighted by molar-refractivity contribution is 7.54. The molecule has 1 aromatic heterocycles. The molecule has 1 aliphatic rings. The van der Waals surface area contributed by atoms with Crippen molar-refractivity contribution in [3.63, 3.8) is 0 Å². The molecule has 1 unspecified atom stereocenters. The summed E-state index contributed by atoms with van der Waals surface area (Å²) in [6.45, 7) is -0.202. The van der Waals surface area contributed by atoms with Gasteiger partial charge in [-0.05, 0) is 26.0 Å². The van der Waals surface area contributed by atoms with Gasteiger partial charge >= 0.3 is 19.3 Å². The number of rotatable bonds is 10. The van der Waals surface area contributed by atoms with Gasteiger partial charge in [0, 0.05) is 0 Å². The van der Waals surface area contributed by atoms with E-state index in [-0.39, 0.29) is 10.4 Å². The van der Waals surface area contributed by atoms with Gasteiger partial charge in [0.25, 0.3) is 5.56 Å². The Balaban J connectivity index is 2.01. The topological polar surface area (TPSA) is 159 Å². The molecule has 39 heavy (non-hydrogen) atoms. The summed E-state index contributed by atoms with van der Waals surface area (Å²) >= 11 is 0. The maximum Gasteiger partial charge on any atom is 0.380 e. The number of hydrogen-bond acceptors (Lipinski definition) is 10. The average molecular weight is 573 g/mol. The Morgan fingerprint density at radius 1 is 1.36 bits per heavy atom. The van der Waals surface area contributed by atoms with E-state index >= 15 is 4.39 Å². The van der Waals surface area contributed by atoms with E-state index in [9.17, 15) is 28.4 Å². The van der Waals surface area contributed by atoms with Crippen LogP contribution < -0.4 is 15.8 Å². The van der Waals surface area contributed by atoms with Crippen LogP contribution in [0.1, 0.15) is 29.7 Å². The van der Waals surface area contributed by atoms with Crippen molar-refractivity contribution in [3.8, 4) is 17.6 Å². The van der Waals surface area contributed by atoms with E-state index < -0.39 is 80.3 Å². The summed E-state index contributed by atoms with van der Waals surface area (Å²) in [5, 5.41) is 14.3. The largest absolute Gasteiger partial charge is 0.463 e. The van der Waals surface area contributed by atoms with Crippen LogP contribution in [0.4, 0.5) is 8.78 Å². The number of nitrogens with one attached hydrogen (secondary N) is 1. The Morgan fingerprint density at radius 3 is 2.67 bits per heavy atom. The zero-order valence-corrected chi connectivity index (χ0v) is 22.0. The fourth-order valence-corrected chi connectivity index (χ4v) is 5.18. The molecular weight excluding hydrogens is 543 g/mol. The Morgan fingerprint density at radius 2 is 2.05 bits per heavy atom. The van der Waals surface area contributed by atoms with Gasteiger partial charge in [-0.25, -0.2) is 18.1 Å². The van der Waals surface area contributed by atoms with E-state index in [1.54, 1.807) is 36.7 Å². The highest BCUT2D eigenvalue weighted by Crippen LogP contribution is 2.51. The highest BCUT2D eigenvalue weighted by atomic mass is 31.2. The van der Waals surface area contributed by atoms with Crippen molar-refractivity contribution in [1.29, 1.82) is 0 Å². The lowest BCUT2D eigenvalue weighted by Gasteiger charge is -2.24. The van der Waals surface area contributed by atoms with Gasteiger partial charge in [0.1, 0.15) is 30.8 Å². The normalized spacial score (nSPS) is 26.0. The molecule has 1 aromatic carbocycles. The van der Waals surface area contributed by atoms with Crippen molar-refractivity contribution in [2.45, 2.75) is 51.0 Å². The van der Waals surface area contributed by atoms with Gasteiger partial charge in [0.2, 0.25) is 11.9 Å². The van der Waals surface area contributed by atoms with Crippen molar-refractivity contribution in [2.75, 3.05) is 19.4 Å². The van der Waals surface area contributed by atoms with Gasteiger partial charge in [-0.3, -0.25) is 19.1 Å². The molecule has 2 heterocycles. The second-order valence-corrected chi connectivity index (χ2v) is 10.7. The van der Waals surface area contributed by atoms with Crippen LogP contribution in [0.5, 0.6) is 5.75 Å². The van der Waals surface area contributed by atoms with Gasteiger partial charge < -0.3 is 19.1 Å². The van der Waals surface area contributed by atoms with E-state index in [1.807, 2.05) is 0 Å². The second kappa shape index (κ2) is 12.7. The van der Waals surface area contributed by atoms with Crippen molar-refractivity contribution < 1.29 is 44.5 Å². The van der Waals surface area contributed by atoms with E-state index in [1.165, 1.54) is 31.2 Å². The maximum atomic E-state index is 16.1. The summed E-state index contributed by atoms with van der Waals surface area (Å²) < 4.78 is 81.3. The number of para-hydroxylation sites is 1. The summed E-state index contributed by atoms with van der Waals surface area (Å²) in [5.74, 6) is 1.58. The summed E-state index contributed by atoms with van der Waals surface area (Å²) in [7, 11) is -4.68. The molecule has 0 saturated carbocycles. The number of carbonyl (C=O) groups is 1. The first kappa shape index (κ1) is 27.2. The lowest BCUT2D eigenvalue weighted by Crippen LogP contribution is -2.46. The second-order valence-electron chi connectivity index (χ2n) is 8.73. The molecule has 0 amide bonds. The number of H-pyrrole nitrogens is 1. The summed E-state index contributed by atoms with van der Waals surface area (Å²) in [4.78, 5) is 38.0. The van der Waals surface area contributed by atoms with Crippen LogP contribution >= 0.6 is 7.60 Å². The molecule has 12 nitrogen and oxygen atoms in total. The van der Waals surface area contributed by atoms with Crippen LogP contribution in [0.2, 0.25) is 0 Å². The van der Waals surface area contributed by atoms with Gasteiger partial charge in [-0.1, -0.05) is 37.0 Å². The lowest BCUT2D eigenvalue weighted by atomic mass is 9.97. The minimum atomic E-state index is -4.68. The Hall–Kier alpha value is -3.37. The molecule has 6 atom stereocenters. The van der Waals surface area contributed by atoms with Crippen LogP contribution in [0.15, 0.2) is 46.1 Å². The van der Waals surface area contributed by atoms with E-state index in [4.69, 9.17) is 21.3 Å². The maximum absolute atomic E-state index is 16.1. The van der Waals surface area contributed by atoms with Crippen LogP contribution in [0.3, 0.4) is 0 Å². The SMILES string of the molecule is [2H]C([2H])(O[P@@](=O)(C[C@@H](C)C(=O)OC(C)C)Oc1ccccc1)[C@H]1O[C@@H](n2ncc(=O)[nH]c2=O)C(F)(C#CCF)[C@H]1O. The average Bonchev–Trinajstić information content (AvgIpc) is 3.13. The molecule has 3 rings (SSSR count). The number of nitrogens with zero attached hydrogens (tertiary/aromatic N) is 2. The predicted octanol–water partition coefficient (Wildman–Crippen LogP) is 1.75. The first-order chi connectivity index (χ1) is 19.1. The molecule has 2 N–H and O–H groups in total. The summed E-state index contributed by atoms with van der Waals surface area (Å²) in [6, 6.07) is 7.43. The number of benzene rings is 1. The third kappa shape index (κ3) is 7.39.